The molecule has 0 saturated carbocycles. The lowest BCUT2D eigenvalue weighted by atomic mass is 10.2. The van der Waals surface area contributed by atoms with Crippen LogP contribution in [0.3, 0.4) is 0 Å². The number of hydrogen-bond acceptors (Lipinski definition) is 3. The second-order valence-corrected chi connectivity index (χ2v) is 7.50. The van der Waals surface area contributed by atoms with Crippen molar-refractivity contribution in [2.75, 3.05) is 7.05 Å². The lowest BCUT2D eigenvalue weighted by molar-refractivity contribution is 0.0791. The summed E-state index contributed by atoms with van der Waals surface area (Å²) in [6.07, 6.45) is 0. The monoisotopic (exact) mass is 353 g/mol. The Balaban J connectivity index is 1.91. The molecule has 0 aliphatic heterocycles. The van der Waals surface area contributed by atoms with Gasteiger partial charge in [-0.05, 0) is 42.1 Å². The van der Waals surface area contributed by atoms with Crippen molar-refractivity contribution in [3.8, 4) is 0 Å². The van der Waals surface area contributed by atoms with E-state index in [1.165, 1.54) is 29.0 Å². The van der Waals surface area contributed by atoms with Gasteiger partial charge in [0.1, 0.15) is 10.7 Å². The number of amides is 1. The molecule has 6 heteroatoms. The summed E-state index contributed by atoms with van der Waals surface area (Å²) >= 11 is 9.16. The van der Waals surface area contributed by atoms with E-state index in [-0.39, 0.29) is 11.7 Å². The van der Waals surface area contributed by atoms with Crippen LogP contribution in [0.15, 0.2) is 29.6 Å². The van der Waals surface area contributed by atoms with E-state index in [1.807, 2.05) is 18.4 Å². The van der Waals surface area contributed by atoms with Crippen LogP contribution in [0.25, 0.3) is 10.1 Å². The minimum Gasteiger partial charge on any atom is -0.336 e. The van der Waals surface area contributed by atoms with Gasteiger partial charge >= 0.3 is 0 Å². The highest BCUT2D eigenvalue weighted by Gasteiger charge is 2.21. The molecule has 0 radical (unpaired) electrons. The molecule has 0 N–H and O–H groups in total. The molecule has 3 rings (SSSR count). The van der Waals surface area contributed by atoms with Gasteiger partial charge in [0.05, 0.1) is 11.6 Å². The quantitative estimate of drug-likeness (QED) is 0.622. The van der Waals surface area contributed by atoms with E-state index in [4.69, 9.17) is 11.6 Å². The Labute approximate surface area is 140 Å². The Hall–Kier alpha value is -1.43. The zero-order chi connectivity index (χ0) is 15.9. The van der Waals surface area contributed by atoms with Crippen molar-refractivity contribution in [3.05, 3.63) is 55.8 Å². The summed E-state index contributed by atoms with van der Waals surface area (Å²) in [7, 11) is 1.75. The number of benzene rings is 1. The van der Waals surface area contributed by atoms with Crippen molar-refractivity contribution in [3.63, 3.8) is 0 Å². The summed E-state index contributed by atoms with van der Waals surface area (Å²) < 4.78 is 14.0. The summed E-state index contributed by atoms with van der Waals surface area (Å²) in [5.41, 5.74) is 1.18. The SMILES string of the molecule is Cc1ccsc1CN(C)C(=O)c1sc2cc(F)ccc2c1Cl. The molecule has 0 aliphatic rings. The van der Waals surface area contributed by atoms with Gasteiger partial charge in [-0.3, -0.25) is 4.79 Å². The van der Waals surface area contributed by atoms with Gasteiger partial charge in [0, 0.05) is 22.0 Å². The van der Waals surface area contributed by atoms with Gasteiger partial charge in [0.15, 0.2) is 0 Å². The Morgan fingerprint density at radius 3 is 2.82 bits per heavy atom. The van der Waals surface area contributed by atoms with Crippen LogP contribution in [0.5, 0.6) is 0 Å². The van der Waals surface area contributed by atoms with Crippen LogP contribution in [-0.2, 0) is 6.54 Å². The smallest absolute Gasteiger partial charge is 0.265 e. The molecule has 3 aromatic rings. The average Bonchev–Trinajstić information content (AvgIpc) is 3.02. The number of carbonyl (C=O) groups excluding carboxylic acids is 1. The molecule has 22 heavy (non-hydrogen) atoms. The first-order valence-corrected chi connectivity index (χ1v) is 8.70. The molecule has 0 unspecified atom stereocenters. The molecule has 0 aliphatic carbocycles. The lowest BCUT2D eigenvalue weighted by Gasteiger charge is -2.16. The average molecular weight is 354 g/mol. The van der Waals surface area contributed by atoms with E-state index in [0.717, 1.165) is 10.3 Å². The van der Waals surface area contributed by atoms with Crippen LogP contribution in [0.1, 0.15) is 20.1 Å². The van der Waals surface area contributed by atoms with Crippen LogP contribution >= 0.6 is 34.3 Å². The van der Waals surface area contributed by atoms with Crippen molar-refractivity contribution >= 4 is 50.3 Å². The van der Waals surface area contributed by atoms with E-state index in [2.05, 4.69) is 0 Å². The van der Waals surface area contributed by atoms with Crippen molar-refractivity contribution in [2.45, 2.75) is 13.5 Å². The molecule has 114 valence electrons. The van der Waals surface area contributed by atoms with Gasteiger partial charge in [-0.1, -0.05) is 11.6 Å². The maximum Gasteiger partial charge on any atom is 0.265 e. The summed E-state index contributed by atoms with van der Waals surface area (Å²) in [6.45, 7) is 2.57. The van der Waals surface area contributed by atoms with Crippen molar-refractivity contribution < 1.29 is 9.18 Å². The number of halogens is 2. The van der Waals surface area contributed by atoms with Gasteiger partial charge in [0.25, 0.3) is 5.91 Å². The highest BCUT2D eigenvalue weighted by Crippen LogP contribution is 2.36. The fourth-order valence-electron chi connectivity index (χ4n) is 2.20. The number of nitrogens with zero attached hydrogens (tertiary/aromatic N) is 1. The molecular weight excluding hydrogens is 341 g/mol. The zero-order valence-corrected chi connectivity index (χ0v) is 14.4. The summed E-state index contributed by atoms with van der Waals surface area (Å²) in [5, 5.41) is 3.13. The largest absolute Gasteiger partial charge is 0.336 e. The highest BCUT2D eigenvalue weighted by atomic mass is 35.5. The van der Waals surface area contributed by atoms with E-state index in [0.29, 0.717) is 21.1 Å². The summed E-state index contributed by atoms with van der Waals surface area (Å²) in [4.78, 5) is 15.9. The van der Waals surface area contributed by atoms with E-state index in [9.17, 15) is 9.18 Å². The fraction of sp³-hybridized carbons (Fsp3) is 0.188. The first-order chi connectivity index (χ1) is 10.5. The normalized spacial score (nSPS) is 11.1. The molecule has 1 aromatic carbocycles. The Kier molecular flexibility index (Phi) is 4.21. The molecule has 0 atom stereocenters. The van der Waals surface area contributed by atoms with Crippen molar-refractivity contribution in [1.82, 2.24) is 4.90 Å². The molecule has 0 saturated heterocycles. The van der Waals surface area contributed by atoms with Crippen molar-refractivity contribution in [2.24, 2.45) is 0 Å². The van der Waals surface area contributed by atoms with Crippen LogP contribution in [-0.4, -0.2) is 17.9 Å². The van der Waals surface area contributed by atoms with Crippen LogP contribution in [0, 0.1) is 12.7 Å². The number of fused-ring (bicyclic) bond motifs is 1. The van der Waals surface area contributed by atoms with E-state index in [1.54, 1.807) is 29.4 Å². The standard InChI is InChI=1S/C16H13ClFNOS2/c1-9-5-6-21-13(9)8-19(2)16(20)15-14(17)11-4-3-10(18)7-12(11)22-15/h3-7H,8H2,1-2H3. The molecule has 2 aromatic heterocycles. The molecule has 0 bridgehead atoms. The minimum atomic E-state index is -0.327. The topological polar surface area (TPSA) is 20.3 Å². The van der Waals surface area contributed by atoms with Crippen molar-refractivity contribution in [1.29, 1.82) is 0 Å². The molecule has 0 spiro atoms. The number of carbonyl (C=O) groups is 1. The fourth-order valence-corrected chi connectivity index (χ4v) is 4.69. The maximum absolute atomic E-state index is 13.3. The molecular formula is C16H13ClFNOS2. The van der Waals surface area contributed by atoms with Gasteiger partial charge < -0.3 is 4.90 Å². The Bertz CT molecular complexity index is 855. The number of rotatable bonds is 3. The molecule has 2 heterocycles. The summed E-state index contributed by atoms with van der Waals surface area (Å²) in [6, 6.07) is 6.41. The second kappa shape index (κ2) is 5.99. The first-order valence-electron chi connectivity index (χ1n) is 6.63. The van der Waals surface area contributed by atoms with E-state index < -0.39 is 0 Å². The number of thiophene rings is 2. The minimum absolute atomic E-state index is 0.139. The zero-order valence-electron chi connectivity index (χ0n) is 12.0. The van der Waals surface area contributed by atoms with Gasteiger partial charge in [-0.15, -0.1) is 22.7 Å². The molecule has 1 amide bonds. The third kappa shape index (κ3) is 2.76. The van der Waals surface area contributed by atoms with Crippen LogP contribution in [0.2, 0.25) is 5.02 Å². The maximum atomic E-state index is 13.3. The lowest BCUT2D eigenvalue weighted by Crippen LogP contribution is -2.25. The summed E-state index contributed by atoms with van der Waals surface area (Å²) in [5.74, 6) is -0.466. The third-order valence-electron chi connectivity index (χ3n) is 3.48. The Morgan fingerprint density at radius 1 is 1.36 bits per heavy atom. The Morgan fingerprint density at radius 2 is 2.14 bits per heavy atom. The molecule has 0 fully saturated rings. The molecule has 2 nitrogen and oxygen atoms in total. The van der Waals surface area contributed by atoms with E-state index >= 15 is 0 Å². The first kappa shape index (κ1) is 15.5. The second-order valence-electron chi connectivity index (χ2n) is 5.07. The predicted molar refractivity (Wildman–Crippen MR) is 91.6 cm³/mol. The predicted octanol–water partition coefficient (Wildman–Crippen LogP) is 5.34. The van der Waals surface area contributed by atoms with Gasteiger partial charge in [0.2, 0.25) is 0 Å². The number of aryl methyl sites for hydroxylation is 1. The third-order valence-corrected chi connectivity index (χ3v) is 6.13. The van der Waals surface area contributed by atoms with Crippen LogP contribution in [0.4, 0.5) is 4.39 Å². The highest BCUT2D eigenvalue weighted by molar-refractivity contribution is 7.21. The van der Waals surface area contributed by atoms with Gasteiger partial charge in [-0.25, -0.2) is 4.39 Å². The van der Waals surface area contributed by atoms with Crippen LogP contribution < -0.4 is 0 Å². The number of hydrogen-bond donors (Lipinski definition) is 0. The van der Waals surface area contributed by atoms with Gasteiger partial charge in [-0.2, -0.15) is 0 Å².